The van der Waals surface area contributed by atoms with Crippen molar-refractivity contribution < 1.29 is 4.42 Å². The minimum absolute atomic E-state index is 0.0845. The summed E-state index contributed by atoms with van der Waals surface area (Å²) in [5.74, 6) is 6.13. The molecular formula is C9H11N3OS. The number of nitrogens with zero attached hydrogens (tertiary/aromatic N) is 1. The van der Waals surface area contributed by atoms with Gasteiger partial charge in [0.25, 0.3) is 0 Å². The molecule has 0 aliphatic heterocycles. The fourth-order valence-electron chi connectivity index (χ4n) is 1.30. The van der Waals surface area contributed by atoms with Crippen molar-refractivity contribution in [2.45, 2.75) is 13.0 Å². The van der Waals surface area contributed by atoms with Gasteiger partial charge in [0.1, 0.15) is 12.0 Å². The number of thiophene rings is 1. The van der Waals surface area contributed by atoms with Crippen LogP contribution in [0.5, 0.6) is 0 Å². The van der Waals surface area contributed by atoms with Gasteiger partial charge < -0.3 is 4.42 Å². The molecule has 1 atom stereocenters. The van der Waals surface area contributed by atoms with Gasteiger partial charge in [0.15, 0.2) is 5.89 Å². The molecule has 3 N–H and O–H groups in total. The van der Waals surface area contributed by atoms with Crippen molar-refractivity contribution in [1.82, 2.24) is 10.4 Å². The number of aryl methyl sites for hydroxylation is 1. The molecule has 0 aromatic carbocycles. The van der Waals surface area contributed by atoms with E-state index in [0.717, 1.165) is 11.3 Å². The number of hydrogen-bond acceptors (Lipinski definition) is 5. The molecule has 0 bridgehead atoms. The maximum atomic E-state index is 5.48. The molecule has 0 saturated heterocycles. The summed E-state index contributed by atoms with van der Waals surface area (Å²) in [6, 6.07) is 1.93. The lowest BCUT2D eigenvalue weighted by atomic mass is 10.1. The summed E-state index contributed by atoms with van der Waals surface area (Å²) in [5.41, 5.74) is 4.63. The Balaban J connectivity index is 2.31. The number of nitrogens with one attached hydrogen (secondary N) is 1. The van der Waals surface area contributed by atoms with E-state index in [1.807, 2.05) is 23.8 Å². The summed E-state index contributed by atoms with van der Waals surface area (Å²) in [4.78, 5) is 4.23. The van der Waals surface area contributed by atoms with Gasteiger partial charge in [-0.2, -0.15) is 11.3 Å². The Kier molecular flexibility index (Phi) is 2.62. The van der Waals surface area contributed by atoms with Gasteiger partial charge in [0, 0.05) is 6.92 Å². The van der Waals surface area contributed by atoms with E-state index >= 15 is 0 Å². The van der Waals surface area contributed by atoms with Crippen molar-refractivity contribution in [2.24, 2.45) is 5.84 Å². The van der Waals surface area contributed by atoms with Gasteiger partial charge in [-0.25, -0.2) is 10.4 Å². The maximum Gasteiger partial charge on any atom is 0.191 e. The van der Waals surface area contributed by atoms with Crippen molar-refractivity contribution in [3.63, 3.8) is 0 Å². The van der Waals surface area contributed by atoms with E-state index in [0.29, 0.717) is 5.89 Å². The molecule has 2 rings (SSSR count). The summed E-state index contributed by atoms with van der Waals surface area (Å²) in [7, 11) is 0. The van der Waals surface area contributed by atoms with E-state index < -0.39 is 0 Å². The Labute approximate surface area is 85.7 Å². The van der Waals surface area contributed by atoms with Crippen LogP contribution in [0.25, 0.3) is 0 Å². The van der Waals surface area contributed by atoms with Crippen LogP contribution in [0, 0.1) is 6.92 Å². The predicted molar refractivity (Wildman–Crippen MR) is 54.7 cm³/mol. The van der Waals surface area contributed by atoms with Gasteiger partial charge in [0.05, 0.1) is 6.04 Å². The summed E-state index contributed by atoms with van der Waals surface area (Å²) >= 11 is 1.63. The lowest BCUT2D eigenvalue weighted by Gasteiger charge is -2.10. The minimum Gasteiger partial charge on any atom is -0.449 e. The monoisotopic (exact) mass is 209 g/mol. The number of nitrogens with two attached hydrogens (primary N) is 1. The quantitative estimate of drug-likeness (QED) is 0.595. The zero-order chi connectivity index (χ0) is 9.97. The Morgan fingerprint density at radius 3 is 3.00 bits per heavy atom. The summed E-state index contributed by atoms with van der Waals surface area (Å²) < 4.78 is 5.14. The Morgan fingerprint density at radius 1 is 1.64 bits per heavy atom. The second-order valence-electron chi connectivity index (χ2n) is 2.95. The lowest BCUT2D eigenvalue weighted by Crippen LogP contribution is -2.28. The Bertz CT molecular complexity index is 396. The molecule has 0 fully saturated rings. The van der Waals surface area contributed by atoms with E-state index in [9.17, 15) is 0 Å². The van der Waals surface area contributed by atoms with Crippen molar-refractivity contribution in [3.05, 3.63) is 40.2 Å². The average Bonchev–Trinajstić information content (AvgIpc) is 2.79. The van der Waals surface area contributed by atoms with Gasteiger partial charge in [-0.3, -0.25) is 5.84 Å². The van der Waals surface area contributed by atoms with Crippen LogP contribution < -0.4 is 11.3 Å². The topological polar surface area (TPSA) is 64.1 Å². The second-order valence-corrected chi connectivity index (χ2v) is 3.73. The molecule has 1 unspecified atom stereocenters. The number of hydrogen-bond donors (Lipinski definition) is 2. The Hall–Kier alpha value is -1.17. The van der Waals surface area contributed by atoms with E-state index in [4.69, 9.17) is 10.3 Å². The molecule has 74 valence electrons. The van der Waals surface area contributed by atoms with Gasteiger partial charge >= 0.3 is 0 Å². The number of hydrazine groups is 1. The number of rotatable bonds is 3. The van der Waals surface area contributed by atoms with Crippen LogP contribution in [-0.2, 0) is 0 Å². The average molecular weight is 209 g/mol. The van der Waals surface area contributed by atoms with Gasteiger partial charge in [-0.05, 0) is 22.4 Å². The third-order valence-electron chi connectivity index (χ3n) is 1.98. The van der Waals surface area contributed by atoms with Crippen molar-refractivity contribution >= 4 is 11.3 Å². The fraction of sp³-hybridized carbons (Fsp3) is 0.222. The molecule has 2 aromatic rings. The molecule has 5 heteroatoms. The van der Waals surface area contributed by atoms with E-state index in [2.05, 4.69) is 10.4 Å². The maximum absolute atomic E-state index is 5.48. The molecule has 0 aliphatic carbocycles. The van der Waals surface area contributed by atoms with Crippen LogP contribution in [0.3, 0.4) is 0 Å². The molecule has 14 heavy (non-hydrogen) atoms. The zero-order valence-electron chi connectivity index (χ0n) is 7.73. The summed E-state index contributed by atoms with van der Waals surface area (Å²) in [6.07, 6.45) is 1.62. The van der Waals surface area contributed by atoms with Crippen molar-refractivity contribution in [3.8, 4) is 0 Å². The van der Waals surface area contributed by atoms with Gasteiger partial charge in [0.2, 0.25) is 0 Å². The second kappa shape index (κ2) is 3.91. The molecule has 0 radical (unpaired) electrons. The van der Waals surface area contributed by atoms with Crippen LogP contribution in [-0.4, -0.2) is 4.98 Å². The third kappa shape index (κ3) is 1.70. The van der Waals surface area contributed by atoms with Crippen molar-refractivity contribution in [2.75, 3.05) is 0 Å². The van der Waals surface area contributed by atoms with Gasteiger partial charge in [-0.1, -0.05) is 0 Å². The van der Waals surface area contributed by atoms with Crippen LogP contribution >= 0.6 is 11.3 Å². The SMILES string of the molecule is Cc1nc(C(NN)c2ccsc2)co1. The highest BCUT2D eigenvalue weighted by atomic mass is 32.1. The molecule has 2 aromatic heterocycles. The number of aromatic nitrogens is 1. The van der Waals surface area contributed by atoms with Gasteiger partial charge in [-0.15, -0.1) is 0 Å². The molecule has 4 nitrogen and oxygen atoms in total. The highest BCUT2D eigenvalue weighted by Gasteiger charge is 2.16. The predicted octanol–water partition coefficient (Wildman–Crippen LogP) is 1.60. The van der Waals surface area contributed by atoms with E-state index in [-0.39, 0.29) is 6.04 Å². The normalized spacial score (nSPS) is 13.0. The third-order valence-corrected chi connectivity index (χ3v) is 2.68. The molecule has 2 heterocycles. The molecular weight excluding hydrogens is 198 g/mol. The fourth-order valence-corrected chi connectivity index (χ4v) is 1.99. The largest absolute Gasteiger partial charge is 0.449 e. The Morgan fingerprint density at radius 2 is 2.50 bits per heavy atom. The first-order valence-corrected chi connectivity index (χ1v) is 5.16. The highest BCUT2D eigenvalue weighted by Crippen LogP contribution is 2.22. The first-order chi connectivity index (χ1) is 6.81. The number of oxazole rings is 1. The smallest absolute Gasteiger partial charge is 0.191 e. The van der Waals surface area contributed by atoms with E-state index in [1.165, 1.54) is 0 Å². The standard InChI is InChI=1S/C9H11N3OS/c1-6-11-8(4-13-6)9(12-10)7-2-3-14-5-7/h2-5,9,12H,10H2,1H3. The zero-order valence-corrected chi connectivity index (χ0v) is 8.54. The van der Waals surface area contributed by atoms with Crippen LogP contribution in [0.15, 0.2) is 27.5 Å². The molecule has 0 spiro atoms. The molecule has 0 amide bonds. The van der Waals surface area contributed by atoms with Crippen molar-refractivity contribution in [1.29, 1.82) is 0 Å². The summed E-state index contributed by atoms with van der Waals surface area (Å²) in [5, 5.41) is 4.04. The highest BCUT2D eigenvalue weighted by molar-refractivity contribution is 7.07. The molecule has 0 aliphatic rings. The van der Waals surface area contributed by atoms with E-state index in [1.54, 1.807) is 17.6 Å². The first kappa shape index (κ1) is 9.39. The van der Waals surface area contributed by atoms with Crippen LogP contribution in [0.4, 0.5) is 0 Å². The van der Waals surface area contributed by atoms with Crippen LogP contribution in [0.2, 0.25) is 0 Å². The van der Waals surface area contributed by atoms with Crippen LogP contribution in [0.1, 0.15) is 23.2 Å². The summed E-state index contributed by atoms with van der Waals surface area (Å²) in [6.45, 7) is 1.81. The molecule has 0 saturated carbocycles. The minimum atomic E-state index is -0.0845. The first-order valence-electron chi connectivity index (χ1n) is 4.21. The lowest BCUT2D eigenvalue weighted by molar-refractivity contribution is 0.518.